The van der Waals surface area contributed by atoms with Gasteiger partial charge >= 0.3 is 0 Å². The summed E-state index contributed by atoms with van der Waals surface area (Å²) in [4.78, 5) is 2.39. The molecule has 0 aliphatic heterocycles. The quantitative estimate of drug-likeness (QED) is 0.162. The summed E-state index contributed by atoms with van der Waals surface area (Å²) in [6.45, 7) is 0. The third-order valence-electron chi connectivity index (χ3n) is 11.5. The van der Waals surface area contributed by atoms with Crippen LogP contribution in [0.2, 0.25) is 0 Å². The molecule has 58 heavy (non-hydrogen) atoms. The van der Waals surface area contributed by atoms with Gasteiger partial charge in [0.1, 0.15) is 11.2 Å². The minimum atomic E-state index is 0.904. The van der Waals surface area contributed by atoms with E-state index in [1.54, 1.807) is 0 Å². The molecule has 11 rings (SSSR count). The summed E-state index contributed by atoms with van der Waals surface area (Å²) in [6.07, 6.45) is 0. The van der Waals surface area contributed by atoms with Crippen LogP contribution in [-0.2, 0) is 0 Å². The second kappa shape index (κ2) is 14.1. The zero-order valence-corrected chi connectivity index (χ0v) is 31.7. The fourth-order valence-electron chi connectivity index (χ4n) is 8.68. The van der Waals surface area contributed by atoms with Crippen molar-refractivity contribution in [3.8, 4) is 44.5 Å². The molecule has 0 bridgehead atoms. The van der Waals surface area contributed by atoms with Gasteiger partial charge in [-0.3, -0.25) is 0 Å². The zero-order valence-electron chi connectivity index (χ0n) is 31.7. The third kappa shape index (κ3) is 5.82. The largest absolute Gasteiger partial charge is 0.455 e. The molecule has 0 aliphatic rings. The van der Waals surface area contributed by atoms with E-state index >= 15 is 0 Å². The summed E-state index contributed by atoms with van der Waals surface area (Å²) < 4.78 is 6.44. The summed E-state index contributed by atoms with van der Waals surface area (Å²) in [5.74, 6) is 0. The van der Waals surface area contributed by atoms with E-state index in [0.29, 0.717) is 0 Å². The van der Waals surface area contributed by atoms with Crippen LogP contribution >= 0.6 is 0 Å². The molecule has 11 aromatic rings. The molecule has 2 heteroatoms. The van der Waals surface area contributed by atoms with E-state index in [9.17, 15) is 0 Å². The minimum absolute atomic E-state index is 0.904. The minimum Gasteiger partial charge on any atom is -0.455 e. The highest BCUT2D eigenvalue weighted by atomic mass is 16.3. The summed E-state index contributed by atoms with van der Waals surface area (Å²) >= 11 is 0. The predicted octanol–water partition coefficient (Wildman–Crippen LogP) is 16.0. The van der Waals surface area contributed by atoms with Crippen LogP contribution in [-0.4, -0.2) is 0 Å². The fourth-order valence-corrected chi connectivity index (χ4v) is 8.68. The first-order valence-electron chi connectivity index (χ1n) is 19.8. The van der Waals surface area contributed by atoms with Crippen molar-refractivity contribution in [2.24, 2.45) is 0 Å². The van der Waals surface area contributed by atoms with Crippen molar-refractivity contribution < 1.29 is 4.42 Å². The first-order chi connectivity index (χ1) is 28.8. The smallest absolute Gasteiger partial charge is 0.143 e. The first-order valence-corrected chi connectivity index (χ1v) is 19.8. The molecule has 0 amide bonds. The van der Waals surface area contributed by atoms with E-state index in [4.69, 9.17) is 4.42 Å². The lowest BCUT2D eigenvalue weighted by molar-refractivity contribution is 0.670. The Morgan fingerprint density at radius 3 is 1.60 bits per heavy atom. The van der Waals surface area contributed by atoms with Gasteiger partial charge in [0, 0.05) is 33.3 Å². The monoisotopic (exact) mass is 739 g/mol. The Balaban J connectivity index is 1.04. The fraction of sp³-hybridized carbons (Fsp3) is 0. The van der Waals surface area contributed by atoms with Crippen LogP contribution in [0, 0.1) is 0 Å². The zero-order chi connectivity index (χ0) is 38.4. The van der Waals surface area contributed by atoms with Gasteiger partial charge in [0.25, 0.3) is 0 Å². The van der Waals surface area contributed by atoms with Gasteiger partial charge in [-0.2, -0.15) is 0 Å². The van der Waals surface area contributed by atoms with Crippen LogP contribution in [0.4, 0.5) is 17.1 Å². The first kappa shape index (κ1) is 33.6. The number of anilines is 3. The Kier molecular flexibility index (Phi) is 8.19. The number of hydrogen-bond acceptors (Lipinski definition) is 2. The predicted molar refractivity (Wildman–Crippen MR) is 245 cm³/mol. The van der Waals surface area contributed by atoms with Crippen molar-refractivity contribution in [1.29, 1.82) is 0 Å². The van der Waals surface area contributed by atoms with Gasteiger partial charge in [-0.05, 0) is 97.4 Å². The van der Waals surface area contributed by atoms with Gasteiger partial charge in [-0.15, -0.1) is 0 Å². The van der Waals surface area contributed by atoms with Crippen molar-refractivity contribution in [1.82, 2.24) is 0 Å². The molecule has 1 aromatic heterocycles. The van der Waals surface area contributed by atoms with E-state index in [-0.39, 0.29) is 0 Å². The second-order valence-electron chi connectivity index (χ2n) is 14.9. The van der Waals surface area contributed by atoms with E-state index in [2.05, 4.69) is 217 Å². The van der Waals surface area contributed by atoms with E-state index in [1.165, 1.54) is 49.4 Å². The molecule has 0 unspecified atom stereocenters. The highest BCUT2D eigenvalue weighted by molar-refractivity contribution is 6.09. The molecule has 0 radical (unpaired) electrons. The maximum atomic E-state index is 6.44. The molecule has 0 fully saturated rings. The van der Waals surface area contributed by atoms with Crippen LogP contribution in [0.3, 0.4) is 0 Å². The van der Waals surface area contributed by atoms with Crippen LogP contribution in [0.5, 0.6) is 0 Å². The summed E-state index contributed by atoms with van der Waals surface area (Å²) in [5.41, 5.74) is 14.4. The van der Waals surface area contributed by atoms with Crippen molar-refractivity contribution in [3.05, 3.63) is 224 Å². The number of hydrogen-bond donors (Lipinski definition) is 0. The van der Waals surface area contributed by atoms with Crippen molar-refractivity contribution >= 4 is 60.5 Å². The van der Waals surface area contributed by atoms with E-state index in [0.717, 1.165) is 55.7 Å². The highest BCUT2D eigenvalue weighted by Gasteiger charge is 2.19. The van der Waals surface area contributed by atoms with Crippen molar-refractivity contribution in [2.75, 3.05) is 4.90 Å². The van der Waals surface area contributed by atoms with Gasteiger partial charge in [-0.25, -0.2) is 0 Å². The average Bonchev–Trinajstić information content (AvgIpc) is 3.69. The lowest BCUT2D eigenvalue weighted by atomic mass is 9.91. The molecular weight excluding hydrogens is 703 g/mol. The Bertz CT molecular complexity index is 3280. The Morgan fingerprint density at radius 1 is 0.293 bits per heavy atom. The second-order valence-corrected chi connectivity index (χ2v) is 14.9. The van der Waals surface area contributed by atoms with Gasteiger partial charge in [0.2, 0.25) is 0 Å². The van der Waals surface area contributed by atoms with E-state index < -0.39 is 0 Å². The molecule has 0 saturated carbocycles. The number of nitrogens with zero attached hydrogens (tertiary/aromatic N) is 1. The molecule has 0 atom stereocenters. The number of benzene rings is 10. The number of rotatable bonds is 7. The van der Waals surface area contributed by atoms with Gasteiger partial charge in [0.05, 0.1) is 5.69 Å². The standard InChI is InChI=1S/C56H37NO/c1-2-15-42-37-43(28-27-38(42)13-1)48-19-7-9-25-54(48)57(45-35-31-41(32-36-45)49-22-12-24-53-52-21-8-10-26-55(52)58-56(49)53)44-33-29-40(30-34-44)47-18-5-6-20-50(47)51-23-11-16-39-14-3-4-17-46(39)51/h1-37H. The maximum absolute atomic E-state index is 6.44. The van der Waals surface area contributed by atoms with Crippen LogP contribution < -0.4 is 4.90 Å². The van der Waals surface area contributed by atoms with Crippen LogP contribution in [0.1, 0.15) is 0 Å². The molecular formula is C56H37NO. The number of furan rings is 1. The highest BCUT2D eigenvalue weighted by Crippen LogP contribution is 2.44. The maximum Gasteiger partial charge on any atom is 0.143 e. The van der Waals surface area contributed by atoms with E-state index in [1.807, 2.05) is 12.1 Å². The molecule has 1 heterocycles. The lowest BCUT2D eigenvalue weighted by Crippen LogP contribution is -2.11. The number of fused-ring (bicyclic) bond motifs is 5. The van der Waals surface area contributed by atoms with Crippen LogP contribution in [0.15, 0.2) is 229 Å². The molecule has 0 saturated heterocycles. The summed E-state index contributed by atoms with van der Waals surface area (Å²) in [6, 6.07) is 80.7. The Labute approximate surface area is 337 Å². The van der Waals surface area contributed by atoms with Crippen molar-refractivity contribution in [3.63, 3.8) is 0 Å². The summed E-state index contributed by atoms with van der Waals surface area (Å²) in [5, 5.41) is 7.22. The summed E-state index contributed by atoms with van der Waals surface area (Å²) in [7, 11) is 0. The van der Waals surface area contributed by atoms with Gasteiger partial charge < -0.3 is 9.32 Å². The average molecular weight is 740 g/mol. The normalized spacial score (nSPS) is 11.4. The van der Waals surface area contributed by atoms with Gasteiger partial charge in [0.15, 0.2) is 0 Å². The van der Waals surface area contributed by atoms with Crippen molar-refractivity contribution in [2.45, 2.75) is 0 Å². The topological polar surface area (TPSA) is 16.4 Å². The molecule has 10 aromatic carbocycles. The number of para-hydroxylation sites is 3. The SMILES string of the molecule is c1ccc(-c2cccc3ccccc23)c(-c2ccc(N(c3ccc(-c4cccc5c4oc4ccccc45)cc3)c3ccccc3-c3ccc4ccccc4c3)cc2)c1. The van der Waals surface area contributed by atoms with Gasteiger partial charge in [-0.1, -0.05) is 182 Å². The Hall–Kier alpha value is -7.68. The molecule has 272 valence electrons. The van der Waals surface area contributed by atoms with Crippen LogP contribution in [0.25, 0.3) is 88.0 Å². The third-order valence-corrected chi connectivity index (χ3v) is 11.5. The Morgan fingerprint density at radius 2 is 0.810 bits per heavy atom. The molecule has 2 nitrogen and oxygen atoms in total. The lowest BCUT2D eigenvalue weighted by Gasteiger charge is -2.28. The molecule has 0 N–H and O–H groups in total. The molecule has 0 spiro atoms. The molecule has 0 aliphatic carbocycles.